The molecule has 0 radical (unpaired) electrons. The summed E-state index contributed by atoms with van der Waals surface area (Å²) in [5, 5.41) is 0. The van der Waals surface area contributed by atoms with E-state index in [0.29, 0.717) is 64.3 Å². The quantitative estimate of drug-likeness (QED) is 0.797. The number of piperazine rings is 1. The largest absolute Gasteiger partial charge is 0.450 e. The van der Waals surface area contributed by atoms with Crippen molar-refractivity contribution in [2.24, 2.45) is 5.92 Å². The highest BCUT2D eigenvalue weighted by molar-refractivity contribution is 5.94. The second-order valence-electron chi connectivity index (χ2n) is 7.44. The Morgan fingerprint density at radius 1 is 0.893 bits per heavy atom. The van der Waals surface area contributed by atoms with Gasteiger partial charge in [-0.2, -0.15) is 0 Å². The third-order valence-electron chi connectivity index (χ3n) is 5.55. The monoisotopic (exact) mass is 387 g/mol. The van der Waals surface area contributed by atoms with Gasteiger partial charge in [-0.1, -0.05) is 17.7 Å². The first-order valence-corrected chi connectivity index (χ1v) is 10.1. The lowest BCUT2D eigenvalue weighted by molar-refractivity contribution is -0.138. The van der Waals surface area contributed by atoms with Crippen LogP contribution in [-0.4, -0.2) is 78.5 Å². The van der Waals surface area contributed by atoms with E-state index in [9.17, 15) is 14.4 Å². The van der Waals surface area contributed by atoms with E-state index in [0.717, 1.165) is 5.56 Å². The number of aryl methyl sites for hydroxylation is 1. The molecule has 3 rings (SSSR count). The van der Waals surface area contributed by atoms with E-state index in [4.69, 9.17) is 4.74 Å². The number of hydrogen-bond acceptors (Lipinski definition) is 4. The topological polar surface area (TPSA) is 70.2 Å². The van der Waals surface area contributed by atoms with Gasteiger partial charge in [0.1, 0.15) is 0 Å². The number of amides is 3. The van der Waals surface area contributed by atoms with Crippen molar-refractivity contribution in [1.29, 1.82) is 0 Å². The molecular weight excluding hydrogens is 358 g/mol. The van der Waals surface area contributed by atoms with Gasteiger partial charge in [0, 0.05) is 50.7 Å². The summed E-state index contributed by atoms with van der Waals surface area (Å²) in [7, 11) is 0. The molecule has 1 aromatic carbocycles. The first-order valence-electron chi connectivity index (χ1n) is 10.1. The Morgan fingerprint density at radius 3 is 2.04 bits per heavy atom. The lowest BCUT2D eigenvalue weighted by Gasteiger charge is -2.38. The average molecular weight is 387 g/mol. The molecule has 0 bridgehead atoms. The minimum atomic E-state index is -0.308. The van der Waals surface area contributed by atoms with Gasteiger partial charge in [-0.3, -0.25) is 9.59 Å². The third kappa shape index (κ3) is 4.64. The Balaban J connectivity index is 1.47. The lowest BCUT2D eigenvalue weighted by atomic mass is 9.94. The van der Waals surface area contributed by atoms with E-state index in [1.54, 1.807) is 11.8 Å². The van der Waals surface area contributed by atoms with Crippen molar-refractivity contribution in [3.8, 4) is 0 Å². The smallest absolute Gasteiger partial charge is 0.409 e. The number of ether oxygens (including phenoxy) is 1. The fourth-order valence-corrected chi connectivity index (χ4v) is 3.79. The molecule has 2 fully saturated rings. The number of rotatable bonds is 3. The highest BCUT2D eigenvalue weighted by atomic mass is 16.6. The normalized spacial score (nSPS) is 18.1. The van der Waals surface area contributed by atoms with E-state index in [1.165, 1.54) is 0 Å². The molecule has 2 aliphatic rings. The first kappa shape index (κ1) is 20.2. The number of carbonyl (C=O) groups excluding carboxylic acids is 3. The van der Waals surface area contributed by atoms with Crippen LogP contribution in [0.15, 0.2) is 24.3 Å². The van der Waals surface area contributed by atoms with Crippen LogP contribution in [0.3, 0.4) is 0 Å². The van der Waals surface area contributed by atoms with E-state index in [1.807, 2.05) is 41.0 Å². The van der Waals surface area contributed by atoms with Crippen molar-refractivity contribution >= 4 is 17.9 Å². The summed E-state index contributed by atoms with van der Waals surface area (Å²) in [5.74, 6) is 0.135. The molecule has 0 aliphatic carbocycles. The van der Waals surface area contributed by atoms with Gasteiger partial charge < -0.3 is 19.4 Å². The van der Waals surface area contributed by atoms with Gasteiger partial charge in [-0.25, -0.2) is 4.79 Å². The molecule has 2 heterocycles. The minimum absolute atomic E-state index is 0.0361. The summed E-state index contributed by atoms with van der Waals surface area (Å²) in [4.78, 5) is 42.6. The molecule has 0 spiro atoms. The molecule has 7 nitrogen and oxygen atoms in total. The fraction of sp³-hybridized carbons (Fsp3) is 0.571. The SMILES string of the molecule is CCOC(=O)N1CCN(C(=O)C2CCN(C(=O)c3ccc(C)cc3)CC2)CC1. The van der Waals surface area contributed by atoms with E-state index >= 15 is 0 Å². The number of hydrogen-bond donors (Lipinski definition) is 0. The Labute approximate surface area is 166 Å². The first-order chi connectivity index (χ1) is 13.5. The van der Waals surface area contributed by atoms with E-state index in [-0.39, 0.29) is 23.8 Å². The highest BCUT2D eigenvalue weighted by Gasteiger charge is 2.32. The fourth-order valence-electron chi connectivity index (χ4n) is 3.79. The van der Waals surface area contributed by atoms with Crippen molar-refractivity contribution in [1.82, 2.24) is 14.7 Å². The summed E-state index contributed by atoms with van der Waals surface area (Å²) >= 11 is 0. The van der Waals surface area contributed by atoms with Crippen LogP contribution in [-0.2, 0) is 9.53 Å². The molecule has 0 unspecified atom stereocenters. The molecule has 0 atom stereocenters. The zero-order valence-corrected chi connectivity index (χ0v) is 16.7. The van der Waals surface area contributed by atoms with E-state index < -0.39 is 0 Å². The molecule has 1 aromatic rings. The van der Waals surface area contributed by atoms with Gasteiger partial charge in [-0.15, -0.1) is 0 Å². The van der Waals surface area contributed by atoms with Crippen molar-refractivity contribution in [3.63, 3.8) is 0 Å². The predicted molar refractivity (Wildman–Crippen MR) is 105 cm³/mol. The Kier molecular flexibility index (Phi) is 6.54. The molecule has 152 valence electrons. The summed E-state index contributed by atoms with van der Waals surface area (Å²) in [6.07, 6.45) is 1.07. The standard InChI is InChI=1S/C21H29N3O4/c1-3-28-21(27)24-14-12-23(13-15-24)20(26)18-8-10-22(11-9-18)19(25)17-6-4-16(2)5-7-17/h4-7,18H,3,8-15H2,1-2H3. The predicted octanol–water partition coefficient (Wildman–Crippen LogP) is 2.15. The molecular formula is C21H29N3O4. The molecule has 3 amide bonds. The van der Waals surface area contributed by atoms with Gasteiger partial charge in [0.15, 0.2) is 0 Å². The van der Waals surface area contributed by atoms with Gasteiger partial charge in [0.05, 0.1) is 6.61 Å². The van der Waals surface area contributed by atoms with Crippen molar-refractivity contribution in [2.45, 2.75) is 26.7 Å². The Hall–Kier alpha value is -2.57. The van der Waals surface area contributed by atoms with Crippen LogP contribution in [0.1, 0.15) is 35.7 Å². The summed E-state index contributed by atoms with van der Waals surface area (Å²) < 4.78 is 5.02. The molecule has 7 heteroatoms. The van der Waals surface area contributed by atoms with Gasteiger partial charge in [-0.05, 0) is 38.8 Å². The average Bonchev–Trinajstić information content (AvgIpc) is 2.74. The van der Waals surface area contributed by atoms with Crippen LogP contribution in [0.2, 0.25) is 0 Å². The molecule has 0 saturated carbocycles. The number of benzene rings is 1. The van der Waals surface area contributed by atoms with Crippen LogP contribution in [0.25, 0.3) is 0 Å². The highest BCUT2D eigenvalue weighted by Crippen LogP contribution is 2.22. The summed E-state index contributed by atoms with van der Waals surface area (Å²) in [5.41, 5.74) is 1.83. The minimum Gasteiger partial charge on any atom is -0.450 e. The molecule has 2 aliphatic heterocycles. The number of nitrogens with zero attached hydrogens (tertiary/aromatic N) is 3. The second-order valence-corrected chi connectivity index (χ2v) is 7.44. The van der Waals surface area contributed by atoms with Crippen LogP contribution in [0, 0.1) is 12.8 Å². The second kappa shape index (κ2) is 9.08. The summed E-state index contributed by atoms with van der Waals surface area (Å²) in [6, 6.07) is 7.61. The maximum absolute atomic E-state index is 12.8. The van der Waals surface area contributed by atoms with Crippen LogP contribution in [0.4, 0.5) is 4.79 Å². The number of carbonyl (C=O) groups is 3. The Bertz CT molecular complexity index is 703. The molecule has 0 N–H and O–H groups in total. The van der Waals surface area contributed by atoms with Crippen LogP contribution in [0.5, 0.6) is 0 Å². The Morgan fingerprint density at radius 2 is 1.46 bits per heavy atom. The zero-order valence-electron chi connectivity index (χ0n) is 16.7. The number of piperidine rings is 1. The maximum atomic E-state index is 12.8. The van der Waals surface area contributed by atoms with Crippen molar-refractivity contribution in [2.75, 3.05) is 45.9 Å². The third-order valence-corrected chi connectivity index (χ3v) is 5.55. The summed E-state index contributed by atoms with van der Waals surface area (Å²) in [6.45, 7) is 7.45. The number of likely N-dealkylation sites (tertiary alicyclic amines) is 1. The van der Waals surface area contributed by atoms with Gasteiger partial charge in [0.2, 0.25) is 5.91 Å². The zero-order chi connectivity index (χ0) is 20.1. The van der Waals surface area contributed by atoms with Gasteiger partial charge >= 0.3 is 6.09 Å². The van der Waals surface area contributed by atoms with Crippen molar-refractivity contribution in [3.05, 3.63) is 35.4 Å². The van der Waals surface area contributed by atoms with Crippen LogP contribution >= 0.6 is 0 Å². The molecule has 0 aromatic heterocycles. The lowest BCUT2D eigenvalue weighted by Crippen LogP contribution is -2.53. The molecule has 2 saturated heterocycles. The maximum Gasteiger partial charge on any atom is 0.409 e. The van der Waals surface area contributed by atoms with Crippen molar-refractivity contribution < 1.29 is 19.1 Å². The van der Waals surface area contributed by atoms with E-state index in [2.05, 4.69) is 0 Å². The molecule has 28 heavy (non-hydrogen) atoms. The van der Waals surface area contributed by atoms with Crippen LogP contribution < -0.4 is 0 Å². The van der Waals surface area contributed by atoms with Gasteiger partial charge in [0.25, 0.3) is 5.91 Å².